The zero-order valence-corrected chi connectivity index (χ0v) is 17.5. The maximum absolute atomic E-state index is 10.3. The van der Waals surface area contributed by atoms with E-state index in [0.29, 0.717) is 23.2 Å². The van der Waals surface area contributed by atoms with Crippen LogP contribution < -0.4 is 0 Å². The van der Waals surface area contributed by atoms with E-state index in [1.54, 1.807) is 0 Å². The number of aliphatic hydroxyl groups excluding tert-OH is 1. The Balaban J connectivity index is 0.00000220. The van der Waals surface area contributed by atoms with Gasteiger partial charge < -0.3 is 5.11 Å². The first-order valence-corrected chi connectivity index (χ1v) is 8.72. The summed E-state index contributed by atoms with van der Waals surface area (Å²) >= 11 is 0. The van der Waals surface area contributed by atoms with Gasteiger partial charge in [-0.1, -0.05) is 53.2 Å². The van der Waals surface area contributed by atoms with Gasteiger partial charge in [-0.05, 0) is 60.7 Å². The van der Waals surface area contributed by atoms with E-state index in [-0.39, 0.29) is 38.8 Å². The van der Waals surface area contributed by atoms with E-state index in [9.17, 15) is 5.11 Å². The second kappa shape index (κ2) is 8.07. The van der Waals surface area contributed by atoms with Crippen molar-refractivity contribution in [1.29, 1.82) is 0 Å². The van der Waals surface area contributed by atoms with Crippen LogP contribution in [-0.4, -0.2) is 11.2 Å². The third kappa shape index (κ3) is 4.21. The predicted octanol–water partition coefficient (Wildman–Crippen LogP) is 5.05. The molecule has 1 nitrogen and oxygen atoms in total. The van der Waals surface area contributed by atoms with Crippen LogP contribution in [0.25, 0.3) is 0 Å². The molecule has 0 spiro atoms. The largest absolute Gasteiger partial charge is 0.393 e. The molecule has 6 atom stereocenters. The van der Waals surface area contributed by atoms with Crippen LogP contribution in [-0.2, 0) is 32.7 Å². The van der Waals surface area contributed by atoms with Gasteiger partial charge in [0, 0.05) is 32.7 Å². The van der Waals surface area contributed by atoms with E-state index in [1.165, 1.54) is 25.7 Å². The Morgan fingerprint density at radius 2 is 1.71 bits per heavy atom. The first-order chi connectivity index (χ1) is 9.36. The smallest absolute Gasteiger partial charge is 0.0573 e. The number of aliphatic hydroxyl groups is 1. The molecule has 2 saturated carbocycles. The maximum atomic E-state index is 10.3. The molecule has 0 saturated heterocycles. The van der Waals surface area contributed by atoms with Crippen LogP contribution in [0.4, 0.5) is 0 Å². The molecule has 1 N–H and O–H groups in total. The fourth-order valence-corrected chi connectivity index (χ4v) is 4.76. The Morgan fingerprint density at radius 1 is 1.05 bits per heavy atom. The van der Waals surface area contributed by atoms with Gasteiger partial charge in [-0.3, -0.25) is 0 Å². The van der Waals surface area contributed by atoms with Crippen LogP contribution in [0.1, 0.15) is 66.7 Å². The monoisotopic (exact) mass is 367 g/mol. The van der Waals surface area contributed by atoms with E-state index < -0.39 is 0 Å². The summed E-state index contributed by atoms with van der Waals surface area (Å²) in [6.07, 6.45) is 10.9. The molecule has 21 heavy (non-hydrogen) atoms. The average Bonchev–Trinajstić information content (AvgIpc) is 2.74. The van der Waals surface area contributed by atoms with Crippen molar-refractivity contribution in [3.8, 4) is 0 Å². The molecular weight excluding hydrogens is 333 g/mol. The summed E-state index contributed by atoms with van der Waals surface area (Å²) in [5.74, 6) is 3.36. The molecule has 2 aliphatic rings. The molecule has 0 aromatic rings. The Morgan fingerprint density at radius 3 is 2.33 bits per heavy atom. The Kier molecular flexibility index (Phi) is 7.62. The van der Waals surface area contributed by atoms with Crippen LogP contribution in [0.3, 0.4) is 0 Å². The second-order valence-corrected chi connectivity index (χ2v) is 8.10. The first kappa shape index (κ1) is 19.8. The van der Waals surface area contributed by atoms with Gasteiger partial charge in [-0.15, -0.1) is 0 Å². The fraction of sp³-hybridized carbons (Fsp3) is 0.895. The van der Waals surface area contributed by atoms with Crippen molar-refractivity contribution in [3.63, 3.8) is 0 Å². The average molecular weight is 367 g/mol. The molecule has 1 radical (unpaired) electrons. The summed E-state index contributed by atoms with van der Waals surface area (Å²) in [4.78, 5) is 0. The molecule has 1 unspecified atom stereocenters. The van der Waals surface area contributed by atoms with Gasteiger partial charge in [0.25, 0.3) is 0 Å². The van der Waals surface area contributed by atoms with Crippen molar-refractivity contribution in [2.24, 2.45) is 35.0 Å². The van der Waals surface area contributed by atoms with Crippen LogP contribution >= 0.6 is 0 Å². The van der Waals surface area contributed by atoms with Crippen LogP contribution in [0.2, 0.25) is 0 Å². The fourth-order valence-electron chi connectivity index (χ4n) is 4.76. The van der Waals surface area contributed by atoms with E-state index in [2.05, 4.69) is 46.8 Å². The van der Waals surface area contributed by atoms with Gasteiger partial charge in [0.15, 0.2) is 0 Å². The topological polar surface area (TPSA) is 20.2 Å². The summed E-state index contributed by atoms with van der Waals surface area (Å²) in [5.41, 5.74) is 0.377. The molecule has 2 aliphatic carbocycles. The Bertz CT molecular complexity index is 351. The second-order valence-electron chi connectivity index (χ2n) is 8.10. The summed E-state index contributed by atoms with van der Waals surface area (Å²) in [6.45, 7) is 11.8. The third-order valence-electron chi connectivity index (χ3n) is 6.57. The van der Waals surface area contributed by atoms with E-state index in [0.717, 1.165) is 18.3 Å². The molecule has 119 valence electrons. The number of fused-ring (bicyclic) bond motifs is 1. The molecule has 0 aliphatic heterocycles. The van der Waals surface area contributed by atoms with E-state index in [1.807, 2.05) is 0 Å². The van der Waals surface area contributed by atoms with Crippen LogP contribution in [0.5, 0.6) is 0 Å². The van der Waals surface area contributed by atoms with Crippen LogP contribution in [0, 0.1) is 35.0 Å². The molecule has 0 aromatic carbocycles. The molecule has 2 heteroatoms. The van der Waals surface area contributed by atoms with Crippen molar-refractivity contribution in [2.75, 3.05) is 0 Å². The zero-order chi connectivity index (χ0) is 14.9. The molecule has 2 rings (SSSR count). The Hall–Kier alpha value is 0.804. The molecule has 0 heterocycles. The summed E-state index contributed by atoms with van der Waals surface area (Å²) in [7, 11) is 0. The molecule has 2 fully saturated rings. The van der Waals surface area contributed by atoms with Crippen molar-refractivity contribution in [1.82, 2.24) is 0 Å². The van der Waals surface area contributed by atoms with Crippen molar-refractivity contribution in [2.45, 2.75) is 72.8 Å². The van der Waals surface area contributed by atoms with Gasteiger partial charge in [0.05, 0.1) is 6.10 Å². The van der Waals surface area contributed by atoms with Gasteiger partial charge in [0.2, 0.25) is 0 Å². The van der Waals surface area contributed by atoms with Gasteiger partial charge in [0.1, 0.15) is 0 Å². The zero-order valence-electron chi connectivity index (χ0n) is 14.7. The minimum absolute atomic E-state index is 0. The van der Waals surface area contributed by atoms with E-state index in [4.69, 9.17) is 0 Å². The summed E-state index contributed by atoms with van der Waals surface area (Å²) in [5, 5.41) is 10.3. The SMILES string of the molecule is CC(C)[C@@H](C)/C=C/[C@@H](C)C1CC[C@H]2[C@@H](O)CCC[C@]12C.[Y]. The van der Waals surface area contributed by atoms with Gasteiger partial charge in [-0.2, -0.15) is 0 Å². The summed E-state index contributed by atoms with van der Waals surface area (Å²) in [6, 6.07) is 0. The van der Waals surface area contributed by atoms with Crippen molar-refractivity contribution < 1.29 is 37.8 Å². The number of rotatable bonds is 4. The standard InChI is InChI=1S/C19H34O.Y/c1-13(2)14(3)8-9-15(4)16-10-11-17-18(20)7-6-12-19(16,17)5;/h8-9,13-18,20H,6-7,10-12H2,1-5H3;/b9-8+;/t14-,15+,16?,17-,18-,19+;/m0./s1. The third-order valence-corrected chi connectivity index (χ3v) is 6.57. The molecule has 0 aromatic heterocycles. The minimum Gasteiger partial charge on any atom is -0.393 e. The van der Waals surface area contributed by atoms with Crippen molar-refractivity contribution >= 4 is 0 Å². The molecule has 0 amide bonds. The summed E-state index contributed by atoms with van der Waals surface area (Å²) < 4.78 is 0. The number of hydrogen-bond acceptors (Lipinski definition) is 1. The maximum Gasteiger partial charge on any atom is 0.0573 e. The first-order valence-electron chi connectivity index (χ1n) is 8.72. The minimum atomic E-state index is -0.0375. The van der Waals surface area contributed by atoms with E-state index >= 15 is 0 Å². The predicted molar refractivity (Wildman–Crippen MR) is 86.5 cm³/mol. The van der Waals surface area contributed by atoms with Crippen LogP contribution in [0.15, 0.2) is 12.2 Å². The number of hydrogen-bond donors (Lipinski definition) is 1. The molecule has 0 bridgehead atoms. The van der Waals surface area contributed by atoms with Gasteiger partial charge >= 0.3 is 0 Å². The quantitative estimate of drug-likeness (QED) is 0.690. The number of allylic oxidation sites excluding steroid dienone is 2. The van der Waals surface area contributed by atoms with Gasteiger partial charge in [-0.25, -0.2) is 0 Å². The van der Waals surface area contributed by atoms with Crippen molar-refractivity contribution in [3.05, 3.63) is 12.2 Å². The Labute approximate surface area is 157 Å². The normalized spacial score (nSPS) is 39.1. The molecular formula is C19H34OY.